The number of hydrogen-bond acceptors (Lipinski definition) is 3. The van der Waals surface area contributed by atoms with Gasteiger partial charge in [0.1, 0.15) is 6.04 Å². The molecule has 1 aliphatic rings. The van der Waals surface area contributed by atoms with E-state index in [1.807, 2.05) is 31.5 Å². The third-order valence-corrected chi connectivity index (χ3v) is 4.04. The van der Waals surface area contributed by atoms with Crippen LogP contribution in [-0.4, -0.2) is 44.3 Å². The number of likely N-dealkylation sites (tertiary alicyclic amines) is 1. The third-order valence-electron chi connectivity index (χ3n) is 4.04. The van der Waals surface area contributed by atoms with Gasteiger partial charge in [-0.25, -0.2) is 4.79 Å². The summed E-state index contributed by atoms with van der Waals surface area (Å²) in [6, 6.07) is 1.24. The van der Waals surface area contributed by atoms with Crippen LogP contribution in [0.1, 0.15) is 50.0 Å². The Morgan fingerprint density at radius 3 is 2.71 bits per heavy atom. The number of nitrogens with zero attached hydrogens (tertiary/aromatic N) is 3. The second kappa shape index (κ2) is 6.28. The zero-order valence-electron chi connectivity index (χ0n) is 12.9. The van der Waals surface area contributed by atoms with E-state index < -0.39 is 12.0 Å². The lowest BCUT2D eigenvalue weighted by Gasteiger charge is -2.33. The SMILES string of the molecule is Cc1cc(C)n(C(C)CC(=O)N2CCCC[C@@H]2C(=O)O)n1. The average molecular weight is 293 g/mol. The van der Waals surface area contributed by atoms with Gasteiger partial charge in [-0.2, -0.15) is 5.10 Å². The zero-order chi connectivity index (χ0) is 15.6. The molecule has 1 unspecified atom stereocenters. The summed E-state index contributed by atoms with van der Waals surface area (Å²) in [6.07, 6.45) is 2.58. The molecule has 1 N–H and O–H groups in total. The van der Waals surface area contributed by atoms with E-state index in [1.54, 1.807) is 0 Å². The normalized spacial score (nSPS) is 20.3. The van der Waals surface area contributed by atoms with E-state index in [-0.39, 0.29) is 18.4 Å². The van der Waals surface area contributed by atoms with Crippen molar-refractivity contribution in [3.63, 3.8) is 0 Å². The molecule has 1 aliphatic heterocycles. The van der Waals surface area contributed by atoms with Gasteiger partial charge in [0.05, 0.1) is 11.7 Å². The van der Waals surface area contributed by atoms with Crippen molar-refractivity contribution in [3.05, 3.63) is 17.5 Å². The molecule has 1 aromatic heterocycles. The molecule has 1 saturated heterocycles. The van der Waals surface area contributed by atoms with Gasteiger partial charge in [0.25, 0.3) is 0 Å². The van der Waals surface area contributed by atoms with Gasteiger partial charge in [0.15, 0.2) is 0 Å². The summed E-state index contributed by atoms with van der Waals surface area (Å²) in [5, 5.41) is 13.6. The van der Waals surface area contributed by atoms with E-state index in [2.05, 4.69) is 5.10 Å². The Morgan fingerprint density at radius 2 is 2.14 bits per heavy atom. The molecule has 0 bridgehead atoms. The molecule has 116 valence electrons. The maximum Gasteiger partial charge on any atom is 0.326 e. The molecule has 1 fully saturated rings. The minimum absolute atomic E-state index is 0.0671. The predicted octanol–water partition coefficient (Wildman–Crippen LogP) is 1.92. The first-order valence-electron chi connectivity index (χ1n) is 7.45. The number of carboxylic acid groups (broad SMARTS) is 1. The molecule has 2 heterocycles. The van der Waals surface area contributed by atoms with Gasteiger partial charge in [-0.05, 0) is 46.1 Å². The van der Waals surface area contributed by atoms with Crippen LogP contribution in [0.5, 0.6) is 0 Å². The van der Waals surface area contributed by atoms with Crippen LogP contribution in [0.15, 0.2) is 6.07 Å². The Hall–Kier alpha value is -1.85. The number of rotatable bonds is 4. The van der Waals surface area contributed by atoms with Crippen LogP contribution in [0, 0.1) is 13.8 Å². The summed E-state index contributed by atoms with van der Waals surface area (Å²) in [5.41, 5.74) is 1.94. The van der Waals surface area contributed by atoms with Crippen molar-refractivity contribution in [1.29, 1.82) is 0 Å². The highest BCUT2D eigenvalue weighted by molar-refractivity contribution is 5.84. The minimum atomic E-state index is -0.901. The van der Waals surface area contributed by atoms with Crippen LogP contribution in [0.2, 0.25) is 0 Å². The molecular formula is C15H23N3O3. The van der Waals surface area contributed by atoms with Gasteiger partial charge in [-0.15, -0.1) is 0 Å². The van der Waals surface area contributed by atoms with E-state index in [0.29, 0.717) is 13.0 Å². The highest BCUT2D eigenvalue weighted by Gasteiger charge is 2.32. The molecule has 21 heavy (non-hydrogen) atoms. The standard InChI is InChI=1S/C15H23N3O3/c1-10-8-11(2)18(16-10)12(3)9-14(19)17-7-5-4-6-13(17)15(20)21/h8,12-13H,4-7,9H2,1-3H3,(H,20,21)/t12?,13-/m1/s1. The lowest BCUT2D eigenvalue weighted by molar-refractivity contribution is -0.152. The fraction of sp³-hybridized carbons (Fsp3) is 0.667. The number of carboxylic acids is 1. The number of aromatic nitrogens is 2. The topological polar surface area (TPSA) is 75.4 Å². The van der Waals surface area contributed by atoms with Crippen LogP contribution in [0.25, 0.3) is 0 Å². The Bertz CT molecular complexity index is 538. The number of hydrogen-bond donors (Lipinski definition) is 1. The van der Waals surface area contributed by atoms with Gasteiger partial charge in [0, 0.05) is 18.7 Å². The van der Waals surface area contributed by atoms with E-state index in [4.69, 9.17) is 0 Å². The molecule has 2 atom stereocenters. The van der Waals surface area contributed by atoms with Crippen LogP contribution in [0.3, 0.4) is 0 Å². The molecule has 0 saturated carbocycles. The summed E-state index contributed by atoms with van der Waals surface area (Å²) in [7, 11) is 0. The Balaban J connectivity index is 2.06. The minimum Gasteiger partial charge on any atom is -0.480 e. The van der Waals surface area contributed by atoms with E-state index in [1.165, 1.54) is 4.90 Å². The third kappa shape index (κ3) is 3.43. The van der Waals surface area contributed by atoms with Crippen LogP contribution in [-0.2, 0) is 9.59 Å². The lowest BCUT2D eigenvalue weighted by Crippen LogP contribution is -2.48. The predicted molar refractivity (Wildman–Crippen MR) is 78.0 cm³/mol. The second-order valence-corrected chi connectivity index (χ2v) is 5.86. The summed E-state index contributed by atoms with van der Waals surface area (Å²) in [6.45, 7) is 6.36. The van der Waals surface area contributed by atoms with Gasteiger partial charge in [-0.3, -0.25) is 9.48 Å². The van der Waals surface area contributed by atoms with E-state index >= 15 is 0 Å². The number of aliphatic carboxylic acids is 1. The summed E-state index contributed by atoms with van der Waals surface area (Å²) in [5.74, 6) is -0.996. The Kier molecular flexibility index (Phi) is 4.65. The monoisotopic (exact) mass is 293 g/mol. The van der Waals surface area contributed by atoms with Crippen molar-refractivity contribution in [3.8, 4) is 0 Å². The van der Waals surface area contributed by atoms with Crippen LogP contribution >= 0.6 is 0 Å². The van der Waals surface area contributed by atoms with Crippen molar-refractivity contribution in [2.45, 2.75) is 58.5 Å². The second-order valence-electron chi connectivity index (χ2n) is 5.86. The Labute approximate surface area is 124 Å². The maximum absolute atomic E-state index is 12.4. The van der Waals surface area contributed by atoms with Gasteiger partial charge >= 0.3 is 5.97 Å². The molecule has 0 aromatic carbocycles. The maximum atomic E-state index is 12.4. The zero-order valence-corrected chi connectivity index (χ0v) is 12.9. The highest BCUT2D eigenvalue weighted by atomic mass is 16.4. The van der Waals surface area contributed by atoms with Gasteiger partial charge in [0.2, 0.25) is 5.91 Å². The van der Waals surface area contributed by atoms with E-state index in [0.717, 1.165) is 24.2 Å². The number of carbonyl (C=O) groups excluding carboxylic acids is 1. The number of carbonyl (C=O) groups is 2. The largest absolute Gasteiger partial charge is 0.480 e. The van der Waals surface area contributed by atoms with Gasteiger partial charge < -0.3 is 10.0 Å². The first-order chi connectivity index (χ1) is 9.90. The average Bonchev–Trinajstić information content (AvgIpc) is 2.77. The number of piperidine rings is 1. The lowest BCUT2D eigenvalue weighted by atomic mass is 10.0. The number of aryl methyl sites for hydroxylation is 2. The first-order valence-corrected chi connectivity index (χ1v) is 7.45. The van der Waals surface area contributed by atoms with Crippen molar-refractivity contribution in [2.24, 2.45) is 0 Å². The van der Waals surface area contributed by atoms with E-state index in [9.17, 15) is 14.7 Å². The molecule has 1 aromatic rings. The van der Waals surface area contributed by atoms with Crippen molar-refractivity contribution in [2.75, 3.05) is 6.54 Å². The molecule has 0 aliphatic carbocycles. The quantitative estimate of drug-likeness (QED) is 0.920. The highest BCUT2D eigenvalue weighted by Crippen LogP contribution is 2.21. The molecule has 6 heteroatoms. The molecule has 2 rings (SSSR count). The molecular weight excluding hydrogens is 270 g/mol. The molecule has 0 spiro atoms. The smallest absolute Gasteiger partial charge is 0.326 e. The summed E-state index contributed by atoms with van der Waals surface area (Å²) in [4.78, 5) is 25.2. The van der Waals surface area contributed by atoms with Crippen molar-refractivity contribution < 1.29 is 14.7 Å². The van der Waals surface area contributed by atoms with Gasteiger partial charge in [-0.1, -0.05) is 0 Å². The molecule has 6 nitrogen and oxygen atoms in total. The molecule has 0 radical (unpaired) electrons. The summed E-state index contributed by atoms with van der Waals surface area (Å²) >= 11 is 0. The van der Waals surface area contributed by atoms with Crippen molar-refractivity contribution in [1.82, 2.24) is 14.7 Å². The molecule has 1 amide bonds. The van der Waals surface area contributed by atoms with Crippen LogP contribution in [0.4, 0.5) is 0 Å². The Morgan fingerprint density at radius 1 is 1.43 bits per heavy atom. The fourth-order valence-electron chi connectivity index (χ4n) is 3.04. The fourth-order valence-corrected chi connectivity index (χ4v) is 3.04. The summed E-state index contributed by atoms with van der Waals surface area (Å²) < 4.78 is 1.84. The van der Waals surface area contributed by atoms with Crippen molar-refractivity contribution >= 4 is 11.9 Å². The number of amides is 1. The van der Waals surface area contributed by atoms with Crippen LogP contribution < -0.4 is 0 Å². The first kappa shape index (κ1) is 15.5.